The topological polar surface area (TPSA) is 144 Å². The van der Waals surface area contributed by atoms with Crippen LogP contribution in [-0.4, -0.2) is 54.3 Å². The van der Waals surface area contributed by atoms with Crippen LogP contribution < -0.4 is 11.2 Å². The van der Waals surface area contributed by atoms with Crippen molar-refractivity contribution in [3.63, 3.8) is 0 Å². The lowest BCUT2D eigenvalue weighted by molar-refractivity contribution is -0.0854. The van der Waals surface area contributed by atoms with Crippen molar-refractivity contribution in [2.75, 3.05) is 5.73 Å². The van der Waals surface area contributed by atoms with E-state index < -0.39 is 30.6 Å². The van der Waals surface area contributed by atoms with Crippen LogP contribution in [0.2, 0.25) is 0 Å². The van der Waals surface area contributed by atoms with Crippen molar-refractivity contribution in [2.24, 2.45) is 0 Å². The average molecular weight is 336 g/mol. The molecule has 0 radical (unpaired) electrons. The predicted octanol–water partition coefficient (Wildman–Crippen LogP) is -0.846. The lowest BCUT2D eigenvalue weighted by Gasteiger charge is -2.21. The molecule has 130 valence electrons. The molecule has 0 saturated carbocycles. The van der Waals surface area contributed by atoms with Crippen molar-refractivity contribution in [1.82, 2.24) is 14.5 Å². The molecule has 24 heavy (non-hydrogen) atoms. The lowest BCUT2D eigenvalue weighted by atomic mass is 10.0. The summed E-state index contributed by atoms with van der Waals surface area (Å²) in [4.78, 5) is 19.9. The average Bonchev–Trinajstić information content (AvgIpc) is 2.84. The molecule has 2 aromatic rings. The van der Waals surface area contributed by atoms with Crippen LogP contribution in [0, 0.1) is 0 Å². The second kappa shape index (κ2) is 6.44. The molecule has 5 atom stereocenters. The minimum absolute atomic E-state index is 0.0231. The van der Waals surface area contributed by atoms with E-state index in [9.17, 15) is 20.1 Å². The number of nitrogen functional groups attached to an aromatic ring is 1. The van der Waals surface area contributed by atoms with E-state index in [1.807, 2.05) is 6.92 Å². The third-order valence-corrected chi connectivity index (χ3v) is 4.25. The molecule has 0 aromatic carbocycles. The Labute approximate surface area is 137 Å². The van der Waals surface area contributed by atoms with Gasteiger partial charge in [-0.25, -0.2) is 9.97 Å². The van der Waals surface area contributed by atoms with Gasteiger partial charge in [-0.05, 0) is 6.42 Å². The first kappa shape index (κ1) is 16.8. The van der Waals surface area contributed by atoms with Gasteiger partial charge in [0.05, 0.1) is 6.10 Å². The van der Waals surface area contributed by atoms with Crippen molar-refractivity contribution >= 4 is 16.9 Å². The van der Waals surface area contributed by atoms with Crippen molar-refractivity contribution < 1.29 is 20.1 Å². The zero-order valence-corrected chi connectivity index (χ0v) is 13.1. The zero-order chi connectivity index (χ0) is 17.4. The van der Waals surface area contributed by atoms with Gasteiger partial charge in [-0.1, -0.05) is 13.3 Å². The number of rotatable bonds is 4. The molecule has 9 nitrogen and oxygen atoms in total. The molecule has 5 N–H and O–H groups in total. The summed E-state index contributed by atoms with van der Waals surface area (Å²) < 4.78 is 7.10. The van der Waals surface area contributed by atoms with Crippen LogP contribution in [0.3, 0.4) is 0 Å². The molecule has 1 unspecified atom stereocenters. The van der Waals surface area contributed by atoms with E-state index in [2.05, 4.69) is 9.97 Å². The number of ether oxygens (including phenoxy) is 1. The molecule has 0 aliphatic carbocycles. The number of aromatic nitrogens is 3. The molecule has 3 rings (SSSR count). The minimum atomic E-state index is -1.29. The maximum absolute atomic E-state index is 12.0. The number of aliphatic hydroxyl groups excluding tert-OH is 3. The maximum atomic E-state index is 12.0. The van der Waals surface area contributed by atoms with Crippen LogP contribution in [0.15, 0.2) is 23.4 Å². The van der Waals surface area contributed by atoms with E-state index in [1.54, 1.807) is 0 Å². The first-order chi connectivity index (χ1) is 11.5. The summed E-state index contributed by atoms with van der Waals surface area (Å²) >= 11 is 0. The molecule has 3 heterocycles. The normalized spacial score (nSPS) is 28.3. The monoisotopic (exact) mass is 336 g/mol. The Morgan fingerprint density at radius 2 is 2.12 bits per heavy atom. The summed E-state index contributed by atoms with van der Waals surface area (Å²) in [6.07, 6.45) is -1.64. The third kappa shape index (κ3) is 2.65. The number of hydrogen-bond donors (Lipinski definition) is 4. The molecule has 1 fully saturated rings. The van der Waals surface area contributed by atoms with Gasteiger partial charge in [-0.2, -0.15) is 0 Å². The van der Waals surface area contributed by atoms with Crippen LogP contribution >= 0.6 is 0 Å². The second-order valence-corrected chi connectivity index (χ2v) is 5.87. The number of anilines is 1. The van der Waals surface area contributed by atoms with Crippen LogP contribution in [0.1, 0.15) is 26.0 Å². The number of pyridine rings is 1. The van der Waals surface area contributed by atoms with Crippen LogP contribution in [0.5, 0.6) is 0 Å². The van der Waals surface area contributed by atoms with Gasteiger partial charge in [0.2, 0.25) is 0 Å². The van der Waals surface area contributed by atoms with Gasteiger partial charge in [0.1, 0.15) is 35.8 Å². The van der Waals surface area contributed by atoms with Crippen molar-refractivity contribution in [3.05, 3.63) is 28.8 Å². The fraction of sp³-hybridized carbons (Fsp3) is 0.533. The largest absolute Gasteiger partial charge is 0.390 e. The molecule has 9 heteroatoms. The molecule has 1 aliphatic rings. The zero-order valence-electron chi connectivity index (χ0n) is 13.1. The highest BCUT2D eigenvalue weighted by Gasteiger charge is 2.46. The fourth-order valence-corrected chi connectivity index (χ4v) is 3.02. The summed E-state index contributed by atoms with van der Waals surface area (Å²) in [5, 5.41) is 30.8. The van der Waals surface area contributed by atoms with E-state index in [0.717, 1.165) is 0 Å². The molecule has 0 amide bonds. The van der Waals surface area contributed by atoms with Gasteiger partial charge in [-0.3, -0.25) is 4.79 Å². The van der Waals surface area contributed by atoms with E-state index in [1.165, 1.54) is 23.2 Å². The number of hydrogen-bond acceptors (Lipinski definition) is 8. The maximum Gasteiger partial charge on any atom is 0.194 e. The van der Waals surface area contributed by atoms with Gasteiger partial charge in [0.15, 0.2) is 17.3 Å². The molecule has 2 aromatic heterocycles. The number of fused-ring (bicyclic) bond motifs is 1. The Hall–Kier alpha value is -2.07. The molecule has 1 saturated heterocycles. The van der Waals surface area contributed by atoms with E-state index in [-0.39, 0.29) is 22.3 Å². The summed E-state index contributed by atoms with van der Waals surface area (Å²) in [7, 11) is 0. The lowest BCUT2D eigenvalue weighted by Crippen LogP contribution is -2.38. The fourth-order valence-electron chi connectivity index (χ4n) is 3.02. The molecule has 0 bridgehead atoms. The minimum Gasteiger partial charge on any atom is -0.390 e. The SMILES string of the molecule is CCCC(O)[C@H]1O[C@@H](n2ccc(=O)c3c(N)ncnc32)[C@H](O)[C@@H]1O. The van der Waals surface area contributed by atoms with Crippen LogP contribution in [0.25, 0.3) is 11.0 Å². The first-order valence-corrected chi connectivity index (χ1v) is 7.76. The van der Waals surface area contributed by atoms with Crippen LogP contribution in [0.4, 0.5) is 5.82 Å². The Morgan fingerprint density at radius 1 is 1.38 bits per heavy atom. The number of nitrogens with zero attached hydrogens (tertiary/aromatic N) is 3. The van der Waals surface area contributed by atoms with E-state index in [0.29, 0.717) is 12.8 Å². The van der Waals surface area contributed by atoms with E-state index >= 15 is 0 Å². The highest BCUT2D eigenvalue weighted by atomic mass is 16.6. The highest BCUT2D eigenvalue weighted by Crippen LogP contribution is 2.33. The second-order valence-electron chi connectivity index (χ2n) is 5.87. The predicted molar refractivity (Wildman–Crippen MR) is 85.0 cm³/mol. The number of aliphatic hydroxyl groups is 3. The van der Waals surface area contributed by atoms with Gasteiger partial charge in [-0.15, -0.1) is 0 Å². The summed E-state index contributed by atoms with van der Waals surface area (Å²) in [5.41, 5.74) is 5.58. The number of nitrogens with two attached hydrogens (primary N) is 1. The molecule has 0 spiro atoms. The summed E-state index contributed by atoms with van der Waals surface area (Å²) in [5.74, 6) is 0.0231. The first-order valence-electron chi connectivity index (χ1n) is 7.76. The third-order valence-electron chi connectivity index (χ3n) is 4.25. The quantitative estimate of drug-likeness (QED) is 0.565. The molecule has 1 aliphatic heterocycles. The molecular weight excluding hydrogens is 316 g/mol. The Bertz CT molecular complexity index is 795. The van der Waals surface area contributed by atoms with Gasteiger partial charge >= 0.3 is 0 Å². The van der Waals surface area contributed by atoms with Crippen molar-refractivity contribution in [1.29, 1.82) is 0 Å². The van der Waals surface area contributed by atoms with Crippen molar-refractivity contribution in [3.8, 4) is 0 Å². The summed E-state index contributed by atoms with van der Waals surface area (Å²) in [6, 6.07) is 1.26. The summed E-state index contributed by atoms with van der Waals surface area (Å²) in [6.45, 7) is 1.90. The Kier molecular flexibility index (Phi) is 4.50. The van der Waals surface area contributed by atoms with E-state index in [4.69, 9.17) is 10.5 Å². The highest BCUT2D eigenvalue weighted by molar-refractivity contribution is 5.84. The Morgan fingerprint density at radius 3 is 2.83 bits per heavy atom. The van der Waals surface area contributed by atoms with Gasteiger partial charge in [0, 0.05) is 12.3 Å². The standard InChI is InChI=1S/C15H20N4O5/c1-2-3-8(21)12-10(22)11(23)15(24-12)19-5-4-7(20)9-13(16)17-6-18-14(9)19/h4-6,8,10-12,15,21-23H,2-3H2,1H3,(H2,16,17,18)/t8?,10-,11+,12+,15+/m0/s1. The van der Waals surface area contributed by atoms with Gasteiger partial charge < -0.3 is 30.4 Å². The Balaban J connectivity index is 2.04. The van der Waals surface area contributed by atoms with Crippen molar-refractivity contribution in [2.45, 2.75) is 50.4 Å². The van der Waals surface area contributed by atoms with Crippen LogP contribution in [-0.2, 0) is 4.74 Å². The molecular formula is C15H20N4O5. The smallest absolute Gasteiger partial charge is 0.194 e. The van der Waals surface area contributed by atoms with Gasteiger partial charge in [0.25, 0.3) is 0 Å².